The number of nitrogens with one attached hydrogen (secondary N) is 1. The molecule has 38 valence electrons. The van der Waals surface area contributed by atoms with Gasteiger partial charge in [-0.1, -0.05) is 0 Å². The van der Waals surface area contributed by atoms with Crippen LogP contribution in [-0.2, 0) is 0 Å². The van der Waals surface area contributed by atoms with Gasteiger partial charge in [0.05, 0.1) is 6.54 Å². The van der Waals surface area contributed by atoms with E-state index in [2.05, 4.69) is 5.73 Å². The van der Waals surface area contributed by atoms with E-state index in [1.54, 1.807) is 0 Å². The zero-order valence-electron chi connectivity index (χ0n) is 3.78. The molecule has 3 heteroatoms. The predicted molar refractivity (Wildman–Crippen MR) is 22.2 cm³/mol. The van der Waals surface area contributed by atoms with Gasteiger partial charge in [-0.2, -0.15) is 0 Å². The molecule has 0 heterocycles. The monoisotopic (exact) mass is 91.1 g/mol. The molecular formula is C3H11N2O+. The highest BCUT2D eigenvalue weighted by Gasteiger charge is 1.77. The van der Waals surface area contributed by atoms with Crippen LogP contribution in [0.5, 0.6) is 0 Å². The number of hydroxylamine groups is 1. The summed E-state index contributed by atoms with van der Waals surface area (Å²) in [6.45, 7) is 1.54. The summed E-state index contributed by atoms with van der Waals surface area (Å²) in [6, 6.07) is 0. The lowest BCUT2D eigenvalue weighted by molar-refractivity contribution is -0.368. The molecule has 0 saturated carbocycles. The molecule has 0 aliphatic heterocycles. The Morgan fingerprint density at radius 1 is 1.67 bits per heavy atom. The summed E-state index contributed by atoms with van der Waals surface area (Å²) in [5.74, 6) is 0. The second-order valence-corrected chi connectivity index (χ2v) is 1.12. The van der Waals surface area contributed by atoms with Crippen molar-refractivity contribution in [3.8, 4) is 0 Å². The Balaban J connectivity index is 2.34. The first-order valence-electron chi connectivity index (χ1n) is 2.08. The Morgan fingerprint density at radius 3 is 2.50 bits per heavy atom. The second-order valence-electron chi connectivity index (χ2n) is 1.12. The van der Waals surface area contributed by atoms with Gasteiger partial charge in [0.15, 0.2) is 0 Å². The second kappa shape index (κ2) is 4.88. The predicted octanol–water partition coefficient (Wildman–Crippen LogP) is -1.40. The van der Waals surface area contributed by atoms with Gasteiger partial charge in [0.1, 0.15) is 0 Å². The smallest absolute Gasteiger partial charge is 0.0752 e. The highest BCUT2D eigenvalue weighted by molar-refractivity contribution is 4.29. The quantitative estimate of drug-likeness (QED) is 0.295. The Morgan fingerprint density at radius 2 is 2.33 bits per heavy atom. The molecule has 0 bridgehead atoms. The normalized spacial score (nSPS) is 9.00. The zero-order valence-corrected chi connectivity index (χ0v) is 3.78. The van der Waals surface area contributed by atoms with Gasteiger partial charge in [-0.3, -0.25) is 0 Å². The SMILES string of the molecule is [NH3+]CCCNO. The largest absolute Gasteiger partial charge is 0.358 e. The third kappa shape index (κ3) is 3.88. The van der Waals surface area contributed by atoms with Crippen LogP contribution in [-0.4, -0.2) is 18.3 Å². The van der Waals surface area contributed by atoms with E-state index in [9.17, 15) is 0 Å². The first-order chi connectivity index (χ1) is 2.91. The van der Waals surface area contributed by atoms with Crippen molar-refractivity contribution in [3.63, 3.8) is 0 Å². The molecule has 0 unspecified atom stereocenters. The highest BCUT2D eigenvalue weighted by Crippen LogP contribution is 1.60. The van der Waals surface area contributed by atoms with Gasteiger partial charge in [-0.25, -0.2) is 5.48 Å². The van der Waals surface area contributed by atoms with Crippen molar-refractivity contribution < 1.29 is 10.9 Å². The van der Waals surface area contributed by atoms with E-state index in [0.717, 1.165) is 13.0 Å². The molecule has 0 aliphatic rings. The third-order valence-corrected chi connectivity index (χ3v) is 0.539. The van der Waals surface area contributed by atoms with Gasteiger partial charge >= 0.3 is 0 Å². The summed E-state index contributed by atoms with van der Waals surface area (Å²) in [4.78, 5) is 0. The van der Waals surface area contributed by atoms with E-state index in [1.807, 2.05) is 5.48 Å². The molecule has 0 aliphatic carbocycles. The standard InChI is InChI=1S/C3H10N2O/c4-2-1-3-5-6/h5-6H,1-4H2/p+1. The van der Waals surface area contributed by atoms with Gasteiger partial charge in [0.25, 0.3) is 0 Å². The Labute approximate surface area is 37.1 Å². The van der Waals surface area contributed by atoms with E-state index in [-0.39, 0.29) is 0 Å². The van der Waals surface area contributed by atoms with Crippen LogP contribution >= 0.6 is 0 Å². The van der Waals surface area contributed by atoms with Gasteiger partial charge in [0, 0.05) is 13.0 Å². The van der Waals surface area contributed by atoms with E-state index >= 15 is 0 Å². The van der Waals surface area contributed by atoms with Gasteiger partial charge in [-0.05, 0) is 0 Å². The molecule has 0 saturated heterocycles. The summed E-state index contributed by atoms with van der Waals surface area (Å²) in [6.07, 6.45) is 0.941. The van der Waals surface area contributed by atoms with Crippen LogP contribution in [0, 0.1) is 0 Å². The molecule has 0 aromatic heterocycles. The third-order valence-electron chi connectivity index (χ3n) is 0.539. The number of hydrogen-bond donors (Lipinski definition) is 3. The molecule has 0 rings (SSSR count). The highest BCUT2D eigenvalue weighted by atomic mass is 16.5. The molecular weight excluding hydrogens is 80.0 g/mol. The first-order valence-corrected chi connectivity index (χ1v) is 2.08. The minimum atomic E-state index is 0.656. The number of rotatable bonds is 3. The first kappa shape index (κ1) is 5.88. The lowest BCUT2D eigenvalue weighted by atomic mass is 10.4. The van der Waals surface area contributed by atoms with Crippen LogP contribution in [0.15, 0.2) is 0 Å². The van der Waals surface area contributed by atoms with E-state index in [1.165, 1.54) is 0 Å². The Bertz CT molecular complexity index is 20.8. The molecule has 0 radical (unpaired) electrons. The van der Waals surface area contributed by atoms with Gasteiger partial charge in [0.2, 0.25) is 0 Å². The van der Waals surface area contributed by atoms with Crippen LogP contribution in [0.3, 0.4) is 0 Å². The van der Waals surface area contributed by atoms with Gasteiger partial charge in [-0.15, -0.1) is 0 Å². The van der Waals surface area contributed by atoms with Crippen molar-refractivity contribution in [2.75, 3.05) is 13.1 Å². The van der Waals surface area contributed by atoms with E-state index in [0.29, 0.717) is 6.54 Å². The summed E-state index contributed by atoms with van der Waals surface area (Å²) in [5, 5.41) is 7.92. The maximum Gasteiger partial charge on any atom is 0.0752 e. The fraction of sp³-hybridized carbons (Fsp3) is 1.00. The Hall–Kier alpha value is -0.120. The van der Waals surface area contributed by atoms with Crippen LogP contribution < -0.4 is 11.2 Å². The van der Waals surface area contributed by atoms with Crippen LogP contribution in [0.2, 0.25) is 0 Å². The van der Waals surface area contributed by atoms with Crippen molar-refractivity contribution in [3.05, 3.63) is 0 Å². The molecule has 0 fully saturated rings. The van der Waals surface area contributed by atoms with Crippen molar-refractivity contribution in [1.29, 1.82) is 0 Å². The summed E-state index contributed by atoms with van der Waals surface area (Å²) in [7, 11) is 0. The molecule has 0 aromatic rings. The molecule has 0 aromatic carbocycles. The van der Waals surface area contributed by atoms with E-state index < -0.39 is 0 Å². The van der Waals surface area contributed by atoms with Crippen LogP contribution in [0.25, 0.3) is 0 Å². The van der Waals surface area contributed by atoms with Crippen molar-refractivity contribution >= 4 is 0 Å². The number of quaternary nitrogens is 1. The van der Waals surface area contributed by atoms with Crippen LogP contribution in [0.1, 0.15) is 6.42 Å². The lowest BCUT2D eigenvalue weighted by Gasteiger charge is -1.87. The topological polar surface area (TPSA) is 59.9 Å². The summed E-state index contributed by atoms with van der Waals surface area (Å²) < 4.78 is 0. The molecule has 3 nitrogen and oxygen atoms in total. The maximum atomic E-state index is 7.92. The van der Waals surface area contributed by atoms with Gasteiger partial charge < -0.3 is 10.9 Å². The molecule has 6 heavy (non-hydrogen) atoms. The maximum absolute atomic E-state index is 7.92. The average Bonchev–Trinajstić information content (AvgIpc) is 1.61. The lowest BCUT2D eigenvalue weighted by Crippen LogP contribution is -2.50. The minimum Gasteiger partial charge on any atom is -0.358 e. The fourth-order valence-corrected chi connectivity index (χ4v) is 0.204. The number of hydrogen-bond acceptors (Lipinski definition) is 2. The van der Waals surface area contributed by atoms with E-state index in [4.69, 9.17) is 5.21 Å². The average molecular weight is 91.1 g/mol. The summed E-state index contributed by atoms with van der Waals surface area (Å²) >= 11 is 0. The molecule has 0 spiro atoms. The fourth-order valence-electron chi connectivity index (χ4n) is 0.204. The Kier molecular flexibility index (Phi) is 4.78. The molecule has 0 amide bonds. The van der Waals surface area contributed by atoms with Crippen LogP contribution in [0.4, 0.5) is 0 Å². The minimum absolute atomic E-state index is 0.656. The molecule has 5 N–H and O–H groups in total. The van der Waals surface area contributed by atoms with Crippen molar-refractivity contribution in [2.45, 2.75) is 6.42 Å². The van der Waals surface area contributed by atoms with Crippen molar-refractivity contribution in [2.24, 2.45) is 0 Å². The molecule has 0 atom stereocenters. The zero-order chi connectivity index (χ0) is 4.83. The summed E-state index contributed by atoms with van der Waals surface area (Å²) in [5.41, 5.74) is 5.60. The van der Waals surface area contributed by atoms with Crippen molar-refractivity contribution in [1.82, 2.24) is 5.48 Å².